The lowest BCUT2D eigenvalue weighted by Gasteiger charge is -2.03. The summed E-state index contributed by atoms with van der Waals surface area (Å²) >= 11 is 3.79. The highest BCUT2D eigenvalue weighted by molar-refractivity contribution is 7.97. The first-order valence-electron chi connectivity index (χ1n) is 3.42. The Morgan fingerprint density at radius 2 is 1.73 bits per heavy atom. The SMILES string of the molecule is Cc1cccc(C)c1C(=O)S. The molecule has 0 spiro atoms. The smallest absolute Gasteiger partial charge is 0.216 e. The molecule has 0 unspecified atom stereocenters. The summed E-state index contributed by atoms with van der Waals surface area (Å²) in [4.78, 5) is 11.0. The largest absolute Gasteiger partial charge is 0.282 e. The zero-order valence-corrected chi connectivity index (χ0v) is 7.48. The van der Waals surface area contributed by atoms with E-state index in [-0.39, 0.29) is 5.12 Å². The third-order valence-electron chi connectivity index (χ3n) is 1.69. The monoisotopic (exact) mass is 166 g/mol. The molecule has 0 bridgehead atoms. The van der Waals surface area contributed by atoms with Crippen LogP contribution < -0.4 is 0 Å². The molecule has 0 amide bonds. The molecular formula is C9H10OS. The second-order valence-electron chi connectivity index (χ2n) is 2.57. The van der Waals surface area contributed by atoms with E-state index in [2.05, 4.69) is 12.6 Å². The van der Waals surface area contributed by atoms with Crippen LogP contribution in [0.4, 0.5) is 0 Å². The van der Waals surface area contributed by atoms with Crippen LogP contribution in [0, 0.1) is 13.8 Å². The third kappa shape index (κ3) is 1.63. The summed E-state index contributed by atoms with van der Waals surface area (Å²) in [7, 11) is 0. The summed E-state index contributed by atoms with van der Waals surface area (Å²) in [6.07, 6.45) is 0. The molecule has 0 saturated carbocycles. The van der Waals surface area contributed by atoms with Gasteiger partial charge in [0.2, 0.25) is 5.12 Å². The maximum absolute atomic E-state index is 11.0. The van der Waals surface area contributed by atoms with Crippen molar-refractivity contribution in [1.29, 1.82) is 0 Å². The van der Waals surface area contributed by atoms with Gasteiger partial charge in [-0.2, -0.15) is 0 Å². The highest BCUT2D eigenvalue weighted by atomic mass is 32.1. The summed E-state index contributed by atoms with van der Waals surface area (Å²) in [5, 5.41) is -0.152. The molecule has 0 saturated heterocycles. The first-order valence-corrected chi connectivity index (χ1v) is 3.87. The van der Waals surface area contributed by atoms with Crippen molar-refractivity contribution < 1.29 is 4.79 Å². The standard InChI is InChI=1S/C9H10OS/c1-6-4-3-5-7(2)8(6)9(10)11/h3-5H,1-2H3,(H,10,11). The molecule has 1 aromatic rings. The molecule has 1 nitrogen and oxygen atoms in total. The van der Waals surface area contributed by atoms with Gasteiger partial charge < -0.3 is 0 Å². The summed E-state index contributed by atoms with van der Waals surface area (Å²) < 4.78 is 0. The maximum Gasteiger partial charge on any atom is 0.216 e. The quantitative estimate of drug-likeness (QED) is 0.634. The van der Waals surface area contributed by atoms with Gasteiger partial charge in [0.1, 0.15) is 0 Å². The van der Waals surface area contributed by atoms with Gasteiger partial charge in [0, 0.05) is 5.56 Å². The maximum atomic E-state index is 11.0. The van der Waals surface area contributed by atoms with Crippen molar-refractivity contribution in [3.8, 4) is 0 Å². The molecule has 58 valence electrons. The first-order chi connectivity index (χ1) is 5.13. The average molecular weight is 166 g/mol. The van der Waals surface area contributed by atoms with Crippen molar-refractivity contribution in [1.82, 2.24) is 0 Å². The summed E-state index contributed by atoms with van der Waals surface area (Å²) in [6.45, 7) is 3.83. The third-order valence-corrected chi connectivity index (χ3v) is 1.92. The Bertz CT molecular complexity index is 271. The lowest BCUT2D eigenvalue weighted by Crippen LogP contribution is -1.96. The Hall–Kier alpha value is -0.760. The van der Waals surface area contributed by atoms with Gasteiger partial charge in [-0.1, -0.05) is 18.2 Å². The van der Waals surface area contributed by atoms with Crippen molar-refractivity contribution >= 4 is 17.7 Å². The van der Waals surface area contributed by atoms with Gasteiger partial charge in [0.25, 0.3) is 0 Å². The Morgan fingerprint density at radius 3 is 2.00 bits per heavy atom. The highest BCUT2D eigenvalue weighted by Crippen LogP contribution is 2.14. The predicted octanol–water partition coefficient (Wildman–Crippen LogP) is 2.37. The molecule has 2 heteroatoms. The summed E-state index contributed by atoms with van der Waals surface area (Å²) in [5.41, 5.74) is 2.71. The Morgan fingerprint density at radius 1 is 1.27 bits per heavy atom. The van der Waals surface area contributed by atoms with Crippen LogP contribution in [0.25, 0.3) is 0 Å². The van der Waals surface area contributed by atoms with E-state index in [9.17, 15) is 4.79 Å². The van der Waals surface area contributed by atoms with Crippen LogP contribution in [0.15, 0.2) is 18.2 Å². The van der Waals surface area contributed by atoms with Crippen molar-refractivity contribution in [3.63, 3.8) is 0 Å². The van der Waals surface area contributed by atoms with Gasteiger partial charge in [0.15, 0.2) is 0 Å². The van der Waals surface area contributed by atoms with Crippen LogP contribution in [0.1, 0.15) is 21.5 Å². The number of thiol groups is 1. The minimum atomic E-state index is -0.152. The molecule has 0 aliphatic heterocycles. The molecule has 0 atom stereocenters. The van der Waals surface area contributed by atoms with E-state index in [1.54, 1.807) is 0 Å². The molecule has 0 heterocycles. The van der Waals surface area contributed by atoms with Crippen LogP contribution in [-0.4, -0.2) is 5.12 Å². The van der Waals surface area contributed by atoms with Gasteiger partial charge in [-0.15, -0.1) is 12.6 Å². The van der Waals surface area contributed by atoms with Gasteiger partial charge in [-0.3, -0.25) is 4.79 Å². The lowest BCUT2D eigenvalue weighted by atomic mass is 10.0. The van der Waals surface area contributed by atoms with Crippen LogP contribution in [-0.2, 0) is 0 Å². The molecule has 0 N–H and O–H groups in total. The predicted molar refractivity (Wildman–Crippen MR) is 49.2 cm³/mol. The van der Waals surface area contributed by atoms with Gasteiger partial charge in [0.05, 0.1) is 0 Å². The number of aryl methyl sites for hydroxylation is 2. The molecule has 0 aliphatic rings. The van der Waals surface area contributed by atoms with E-state index in [4.69, 9.17) is 0 Å². The van der Waals surface area contributed by atoms with Crippen molar-refractivity contribution in [2.24, 2.45) is 0 Å². The molecular weight excluding hydrogens is 156 g/mol. The fraction of sp³-hybridized carbons (Fsp3) is 0.222. The van der Waals surface area contributed by atoms with Crippen molar-refractivity contribution in [2.45, 2.75) is 13.8 Å². The second-order valence-corrected chi connectivity index (χ2v) is 2.98. The van der Waals surface area contributed by atoms with Gasteiger partial charge >= 0.3 is 0 Å². The fourth-order valence-corrected chi connectivity index (χ4v) is 1.50. The fourth-order valence-electron chi connectivity index (χ4n) is 1.15. The Balaban J connectivity index is 3.32. The topological polar surface area (TPSA) is 17.1 Å². The Labute approximate surface area is 71.8 Å². The number of rotatable bonds is 1. The average Bonchev–Trinajstić information content (AvgIpc) is 1.85. The zero-order chi connectivity index (χ0) is 8.43. The second kappa shape index (κ2) is 3.09. The minimum absolute atomic E-state index is 0.152. The number of hydrogen-bond donors (Lipinski definition) is 1. The van der Waals surface area contributed by atoms with E-state index < -0.39 is 0 Å². The van der Waals surface area contributed by atoms with Crippen molar-refractivity contribution in [3.05, 3.63) is 34.9 Å². The van der Waals surface area contributed by atoms with E-state index in [1.807, 2.05) is 32.0 Å². The van der Waals surface area contributed by atoms with Crippen LogP contribution in [0.2, 0.25) is 0 Å². The van der Waals surface area contributed by atoms with Crippen LogP contribution >= 0.6 is 12.6 Å². The first kappa shape index (κ1) is 8.34. The molecule has 1 aromatic carbocycles. The Kier molecular flexibility index (Phi) is 2.35. The molecule has 1 rings (SSSR count). The van der Waals surface area contributed by atoms with Crippen LogP contribution in [0.5, 0.6) is 0 Å². The van der Waals surface area contributed by atoms with E-state index in [1.165, 1.54) is 0 Å². The van der Waals surface area contributed by atoms with E-state index >= 15 is 0 Å². The van der Waals surface area contributed by atoms with Crippen LogP contribution in [0.3, 0.4) is 0 Å². The molecule has 0 aliphatic carbocycles. The number of carbonyl (C=O) groups is 1. The number of benzene rings is 1. The molecule has 0 aromatic heterocycles. The molecule has 0 fully saturated rings. The highest BCUT2D eigenvalue weighted by Gasteiger charge is 2.06. The van der Waals surface area contributed by atoms with Crippen molar-refractivity contribution in [2.75, 3.05) is 0 Å². The van der Waals surface area contributed by atoms with E-state index in [0.29, 0.717) is 0 Å². The van der Waals surface area contributed by atoms with Gasteiger partial charge in [-0.25, -0.2) is 0 Å². The van der Waals surface area contributed by atoms with Gasteiger partial charge in [-0.05, 0) is 25.0 Å². The minimum Gasteiger partial charge on any atom is -0.282 e. The normalized spacial score (nSPS) is 9.73. The molecule has 11 heavy (non-hydrogen) atoms. The summed E-state index contributed by atoms with van der Waals surface area (Å²) in [6, 6.07) is 5.76. The number of carbonyl (C=O) groups excluding carboxylic acids is 1. The number of hydrogen-bond acceptors (Lipinski definition) is 1. The lowest BCUT2D eigenvalue weighted by molar-refractivity contribution is 0.109. The molecule has 0 radical (unpaired) electrons. The summed E-state index contributed by atoms with van der Waals surface area (Å²) in [5.74, 6) is 0. The zero-order valence-electron chi connectivity index (χ0n) is 6.59. The van der Waals surface area contributed by atoms with E-state index in [0.717, 1.165) is 16.7 Å².